The van der Waals surface area contributed by atoms with Crippen LogP contribution in [0.3, 0.4) is 0 Å². The van der Waals surface area contributed by atoms with E-state index in [0.717, 1.165) is 45.8 Å². The Morgan fingerprint density at radius 2 is 2.15 bits per heavy atom. The zero-order valence-corrected chi connectivity index (χ0v) is 11.4. The lowest BCUT2D eigenvalue weighted by molar-refractivity contribution is 0.0209. The van der Waals surface area contributed by atoms with Crippen LogP contribution in [0.5, 0.6) is 0 Å². The zero-order chi connectivity index (χ0) is 13.9. The smallest absolute Gasteiger partial charge is 0.339 e. The van der Waals surface area contributed by atoms with Crippen LogP contribution in [0.15, 0.2) is 18.3 Å². The van der Waals surface area contributed by atoms with Crippen molar-refractivity contribution in [2.75, 3.05) is 44.3 Å². The molecular formula is C14H19N3O3. The second kappa shape index (κ2) is 5.76. The number of morpholine rings is 1. The zero-order valence-electron chi connectivity index (χ0n) is 11.4. The lowest BCUT2D eigenvalue weighted by atomic mass is 10.2. The maximum atomic E-state index is 11.3. The predicted octanol–water partition coefficient (Wildman–Crippen LogP) is 0.691. The summed E-state index contributed by atoms with van der Waals surface area (Å²) in [5.41, 5.74) is 0.287. The van der Waals surface area contributed by atoms with Gasteiger partial charge in [-0.2, -0.15) is 0 Å². The van der Waals surface area contributed by atoms with E-state index >= 15 is 0 Å². The van der Waals surface area contributed by atoms with Crippen LogP contribution < -0.4 is 4.90 Å². The maximum Gasteiger partial charge on any atom is 0.339 e. The fraction of sp³-hybridized carbons (Fsp3) is 0.571. The third kappa shape index (κ3) is 2.62. The van der Waals surface area contributed by atoms with Gasteiger partial charge in [0.05, 0.1) is 13.2 Å². The van der Waals surface area contributed by atoms with Crippen molar-refractivity contribution < 1.29 is 14.6 Å². The summed E-state index contributed by atoms with van der Waals surface area (Å²) in [4.78, 5) is 20.1. The van der Waals surface area contributed by atoms with E-state index in [-0.39, 0.29) is 5.56 Å². The number of carbonyl (C=O) groups is 1. The van der Waals surface area contributed by atoms with Gasteiger partial charge in [-0.25, -0.2) is 9.78 Å². The van der Waals surface area contributed by atoms with Crippen molar-refractivity contribution >= 4 is 11.8 Å². The minimum atomic E-state index is -0.914. The van der Waals surface area contributed by atoms with E-state index in [0.29, 0.717) is 11.9 Å². The molecule has 2 aliphatic heterocycles. The van der Waals surface area contributed by atoms with Crippen LogP contribution in [-0.4, -0.2) is 66.4 Å². The SMILES string of the molecule is O=C(O)c1cccnc1N1CCC(N2CCOCC2)C1. The first-order valence-electron chi connectivity index (χ1n) is 7.01. The van der Waals surface area contributed by atoms with Gasteiger partial charge in [-0.1, -0.05) is 0 Å². The fourth-order valence-corrected chi connectivity index (χ4v) is 2.99. The normalized spacial score (nSPS) is 24.0. The van der Waals surface area contributed by atoms with Crippen molar-refractivity contribution in [1.29, 1.82) is 0 Å². The Bertz CT molecular complexity index is 488. The summed E-state index contributed by atoms with van der Waals surface area (Å²) in [5.74, 6) is -0.321. The summed E-state index contributed by atoms with van der Waals surface area (Å²) in [7, 11) is 0. The Kier molecular flexibility index (Phi) is 3.84. The van der Waals surface area contributed by atoms with Crippen LogP contribution in [-0.2, 0) is 4.74 Å². The molecule has 1 N–H and O–H groups in total. The minimum Gasteiger partial charge on any atom is -0.478 e. The number of anilines is 1. The van der Waals surface area contributed by atoms with Crippen LogP contribution in [0.2, 0.25) is 0 Å². The molecule has 0 aliphatic carbocycles. The van der Waals surface area contributed by atoms with Crippen molar-refractivity contribution in [3.05, 3.63) is 23.9 Å². The Morgan fingerprint density at radius 1 is 1.35 bits per heavy atom. The highest BCUT2D eigenvalue weighted by Gasteiger charge is 2.30. The van der Waals surface area contributed by atoms with Gasteiger partial charge in [-0.05, 0) is 18.6 Å². The topological polar surface area (TPSA) is 65.9 Å². The Labute approximate surface area is 118 Å². The van der Waals surface area contributed by atoms with Crippen LogP contribution in [0, 0.1) is 0 Å². The van der Waals surface area contributed by atoms with Gasteiger partial charge in [0, 0.05) is 38.4 Å². The summed E-state index contributed by atoms with van der Waals surface area (Å²) >= 11 is 0. The van der Waals surface area contributed by atoms with Crippen molar-refractivity contribution in [2.45, 2.75) is 12.5 Å². The number of aromatic nitrogens is 1. The van der Waals surface area contributed by atoms with Crippen molar-refractivity contribution in [3.63, 3.8) is 0 Å². The van der Waals surface area contributed by atoms with Crippen LogP contribution in [0.1, 0.15) is 16.8 Å². The second-order valence-electron chi connectivity index (χ2n) is 5.22. The molecule has 0 bridgehead atoms. The lowest BCUT2D eigenvalue weighted by Gasteiger charge is -2.32. The third-order valence-corrected chi connectivity index (χ3v) is 4.04. The number of pyridine rings is 1. The average Bonchev–Trinajstić information content (AvgIpc) is 2.98. The van der Waals surface area contributed by atoms with Crippen LogP contribution >= 0.6 is 0 Å². The van der Waals surface area contributed by atoms with Gasteiger partial charge in [0.2, 0.25) is 0 Å². The largest absolute Gasteiger partial charge is 0.478 e. The molecule has 1 aromatic heterocycles. The molecule has 0 amide bonds. The van der Waals surface area contributed by atoms with E-state index in [2.05, 4.69) is 14.8 Å². The van der Waals surface area contributed by atoms with E-state index in [9.17, 15) is 9.90 Å². The van der Waals surface area contributed by atoms with E-state index in [1.54, 1.807) is 18.3 Å². The standard InChI is InChI=1S/C14H19N3O3/c18-14(19)12-2-1-4-15-13(12)17-5-3-11(10-17)16-6-8-20-9-7-16/h1-2,4,11H,3,5-10H2,(H,18,19). The quantitative estimate of drug-likeness (QED) is 0.877. The number of rotatable bonds is 3. The molecule has 6 heteroatoms. The summed E-state index contributed by atoms with van der Waals surface area (Å²) < 4.78 is 5.38. The highest BCUT2D eigenvalue weighted by molar-refractivity contribution is 5.93. The van der Waals surface area contributed by atoms with Gasteiger partial charge in [0.25, 0.3) is 0 Å². The molecule has 108 valence electrons. The Hall–Kier alpha value is -1.66. The van der Waals surface area contributed by atoms with E-state index in [4.69, 9.17) is 4.74 Å². The van der Waals surface area contributed by atoms with E-state index in [1.807, 2.05) is 0 Å². The molecule has 0 spiro atoms. The van der Waals surface area contributed by atoms with Gasteiger partial charge in [-0.3, -0.25) is 4.90 Å². The summed E-state index contributed by atoms with van der Waals surface area (Å²) in [6, 6.07) is 3.76. The number of nitrogens with zero attached hydrogens (tertiary/aromatic N) is 3. The molecule has 3 rings (SSSR count). The number of hydrogen-bond donors (Lipinski definition) is 1. The molecule has 3 heterocycles. The predicted molar refractivity (Wildman–Crippen MR) is 74.2 cm³/mol. The van der Waals surface area contributed by atoms with Gasteiger partial charge >= 0.3 is 5.97 Å². The molecule has 2 saturated heterocycles. The van der Waals surface area contributed by atoms with Gasteiger partial charge in [0.1, 0.15) is 11.4 Å². The molecule has 1 aromatic rings. The minimum absolute atomic E-state index is 0.287. The van der Waals surface area contributed by atoms with Gasteiger partial charge in [0.15, 0.2) is 0 Å². The first-order valence-corrected chi connectivity index (χ1v) is 7.01. The number of hydrogen-bond acceptors (Lipinski definition) is 5. The molecule has 1 atom stereocenters. The van der Waals surface area contributed by atoms with Crippen LogP contribution in [0.25, 0.3) is 0 Å². The number of carboxylic acid groups (broad SMARTS) is 1. The lowest BCUT2D eigenvalue weighted by Crippen LogP contribution is -2.44. The summed E-state index contributed by atoms with van der Waals surface area (Å²) in [6.45, 7) is 5.22. The monoisotopic (exact) mass is 277 g/mol. The molecule has 6 nitrogen and oxygen atoms in total. The summed E-state index contributed by atoms with van der Waals surface area (Å²) in [5, 5.41) is 9.25. The Morgan fingerprint density at radius 3 is 2.90 bits per heavy atom. The number of ether oxygens (including phenoxy) is 1. The summed E-state index contributed by atoms with van der Waals surface area (Å²) in [6.07, 6.45) is 2.71. The third-order valence-electron chi connectivity index (χ3n) is 4.04. The Balaban J connectivity index is 1.72. The molecule has 0 saturated carbocycles. The molecule has 20 heavy (non-hydrogen) atoms. The van der Waals surface area contributed by atoms with Gasteiger partial charge < -0.3 is 14.7 Å². The first-order chi connectivity index (χ1) is 9.75. The molecule has 0 aromatic carbocycles. The number of carboxylic acids is 1. The molecule has 1 unspecified atom stereocenters. The second-order valence-corrected chi connectivity index (χ2v) is 5.22. The van der Waals surface area contributed by atoms with Crippen molar-refractivity contribution in [2.24, 2.45) is 0 Å². The van der Waals surface area contributed by atoms with E-state index < -0.39 is 5.97 Å². The van der Waals surface area contributed by atoms with E-state index in [1.165, 1.54) is 0 Å². The van der Waals surface area contributed by atoms with Gasteiger partial charge in [-0.15, -0.1) is 0 Å². The number of aromatic carboxylic acids is 1. The van der Waals surface area contributed by atoms with Crippen molar-refractivity contribution in [3.8, 4) is 0 Å². The van der Waals surface area contributed by atoms with Crippen LogP contribution in [0.4, 0.5) is 5.82 Å². The molecule has 0 radical (unpaired) electrons. The first kappa shape index (κ1) is 13.3. The fourth-order valence-electron chi connectivity index (χ4n) is 2.99. The molecule has 2 fully saturated rings. The maximum absolute atomic E-state index is 11.3. The highest BCUT2D eigenvalue weighted by Crippen LogP contribution is 2.24. The molecular weight excluding hydrogens is 258 g/mol. The average molecular weight is 277 g/mol. The van der Waals surface area contributed by atoms with Crippen molar-refractivity contribution in [1.82, 2.24) is 9.88 Å². The molecule has 2 aliphatic rings. The highest BCUT2D eigenvalue weighted by atomic mass is 16.5.